The van der Waals surface area contributed by atoms with E-state index in [0.717, 1.165) is 27.2 Å². The van der Waals surface area contributed by atoms with Crippen LogP contribution in [-0.2, 0) is 9.59 Å². The third-order valence-corrected chi connectivity index (χ3v) is 5.21. The van der Waals surface area contributed by atoms with Crippen LogP contribution < -0.4 is 10.6 Å². The molecule has 1 aliphatic heterocycles. The Hall–Kier alpha value is -4.19. The molecule has 4 rings (SSSR count). The summed E-state index contributed by atoms with van der Waals surface area (Å²) < 4.78 is 0. The summed E-state index contributed by atoms with van der Waals surface area (Å²) in [6.07, 6.45) is 1.61. The lowest BCUT2D eigenvalue weighted by Gasteiger charge is -2.12. The van der Waals surface area contributed by atoms with E-state index in [-0.39, 0.29) is 12.2 Å². The fourth-order valence-corrected chi connectivity index (χ4v) is 3.38. The van der Waals surface area contributed by atoms with Gasteiger partial charge in [0.1, 0.15) is 12.2 Å². The highest BCUT2D eigenvalue weighted by Gasteiger charge is 2.34. The second kappa shape index (κ2) is 8.89. The van der Waals surface area contributed by atoms with Gasteiger partial charge in [-0.3, -0.25) is 9.59 Å². The average Bonchev–Trinajstić information content (AvgIpc) is 3.04. The third-order valence-electron chi connectivity index (χ3n) is 5.21. The lowest BCUT2D eigenvalue weighted by molar-refractivity contribution is -0.127. The molecular formula is C26H23N3O3. The first-order valence-corrected chi connectivity index (χ1v) is 10.3. The first-order chi connectivity index (χ1) is 15.4. The number of nitrogens with zero attached hydrogens (tertiary/aromatic N) is 1. The molecule has 32 heavy (non-hydrogen) atoms. The maximum atomic E-state index is 12.7. The van der Waals surface area contributed by atoms with Crippen molar-refractivity contribution in [2.75, 3.05) is 11.9 Å². The molecule has 0 bridgehead atoms. The average molecular weight is 425 g/mol. The van der Waals surface area contributed by atoms with Crippen LogP contribution in [0.1, 0.15) is 16.7 Å². The number of anilines is 1. The molecule has 160 valence electrons. The minimum atomic E-state index is -0.614. The summed E-state index contributed by atoms with van der Waals surface area (Å²) in [5.41, 5.74) is 5.95. The van der Waals surface area contributed by atoms with Crippen molar-refractivity contribution in [2.45, 2.75) is 13.8 Å². The second-order valence-corrected chi connectivity index (χ2v) is 7.78. The highest BCUT2D eigenvalue weighted by Crippen LogP contribution is 2.22. The van der Waals surface area contributed by atoms with Gasteiger partial charge in [0.25, 0.3) is 5.91 Å². The summed E-state index contributed by atoms with van der Waals surface area (Å²) >= 11 is 0. The van der Waals surface area contributed by atoms with E-state index in [4.69, 9.17) is 0 Å². The van der Waals surface area contributed by atoms with Gasteiger partial charge >= 0.3 is 6.03 Å². The molecule has 0 unspecified atom stereocenters. The summed E-state index contributed by atoms with van der Waals surface area (Å²) in [6.45, 7) is 3.63. The summed E-state index contributed by atoms with van der Waals surface area (Å²) in [7, 11) is 0. The number of amides is 4. The summed E-state index contributed by atoms with van der Waals surface area (Å²) in [5, 5.41) is 5.24. The minimum Gasteiger partial charge on any atom is -0.325 e. The van der Waals surface area contributed by atoms with Crippen molar-refractivity contribution in [1.29, 1.82) is 0 Å². The highest BCUT2D eigenvalue weighted by molar-refractivity contribution is 6.15. The van der Waals surface area contributed by atoms with Crippen molar-refractivity contribution in [2.24, 2.45) is 0 Å². The molecule has 2 N–H and O–H groups in total. The summed E-state index contributed by atoms with van der Waals surface area (Å²) in [5.74, 6) is -0.974. The summed E-state index contributed by atoms with van der Waals surface area (Å²) in [4.78, 5) is 38.1. The van der Waals surface area contributed by atoms with Crippen molar-refractivity contribution in [3.05, 3.63) is 95.2 Å². The number of rotatable bonds is 5. The van der Waals surface area contributed by atoms with Crippen LogP contribution in [0, 0.1) is 13.8 Å². The molecule has 0 saturated carbocycles. The van der Waals surface area contributed by atoms with E-state index in [1.54, 1.807) is 18.2 Å². The molecule has 6 nitrogen and oxygen atoms in total. The first-order valence-electron chi connectivity index (χ1n) is 10.3. The quantitative estimate of drug-likeness (QED) is 0.467. The number of benzene rings is 3. The van der Waals surface area contributed by atoms with E-state index >= 15 is 0 Å². The van der Waals surface area contributed by atoms with E-state index in [9.17, 15) is 14.4 Å². The van der Waals surface area contributed by atoms with Gasteiger partial charge in [0.05, 0.1) is 0 Å². The van der Waals surface area contributed by atoms with E-state index in [2.05, 4.69) is 34.9 Å². The van der Waals surface area contributed by atoms with Gasteiger partial charge in [-0.15, -0.1) is 0 Å². The number of aryl methyl sites for hydroxylation is 2. The molecule has 4 amide bonds. The number of hydrogen-bond acceptors (Lipinski definition) is 3. The van der Waals surface area contributed by atoms with E-state index in [0.29, 0.717) is 5.69 Å². The molecule has 1 saturated heterocycles. The maximum absolute atomic E-state index is 12.7. The Kier molecular flexibility index (Phi) is 5.85. The Morgan fingerprint density at radius 2 is 1.38 bits per heavy atom. The van der Waals surface area contributed by atoms with Gasteiger partial charge in [-0.25, -0.2) is 9.69 Å². The fourth-order valence-electron chi connectivity index (χ4n) is 3.38. The smallest absolute Gasteiger partial charge is 0.325 e. The lowest BCUT2D eigenvalue weighted by Crippen LogP contribution is -2.38. The Morgan fingerprint density at radius 1 is 0.844 bits per heavy atom. The van der Waals surface area contributed by atoms with Crippen molar-refractivity contribution in [3.63, 3.8) is 0 Å². The van der Waals surface area contributed by atoms with Crippen LogP contribution in [0.25, 0.3) is 17.2 Å². The molecule has 0 aliphatic carbocycles. The van der Waals surface area contributed by atoms with Gasteiger partial charge in [-0.1, -0.05) is 71.8 Å². The molecular weight excluding hydrogens is 402 g/mol. The van der Waals surface area contributed by atoms with Crippen molar-refractivity contribution in [1.82, 2.24) is 10.2 Å². The molecule has 6 heteroatoms. The van der Waals surface area contributed by atoms with Crippen LogP contribution in [-0.4, -0.2) is 29.3 Å². The molecule has 1 heterocycles. The Bertz CT molecular complexity index is 1190. The Labute approximate surface area is 186 Å². The number of hydrogen-bond donors (Lipinski definition) is 2. The number of carbonyl (C=O) groups excluding carboxylic acids is 3. The standard InChI is InChI=1S/C26H23N3O3/c1-17-3-9-20(10-4-17)21-11-7-19(8-12-21)15-23-25(31)29(26(32)28-23)16-24(30)27-22-13-5-18(2)6-14-22/h3-15H,16H2,1-2H3,(H,27,30)(H,28,32)/b23-15-. The molecule has 0 radical (unpaired) electrons. The zero-order chi connectivity index (χ0) is 22.7. The normalized spacial score (nSPS) is 14.6. The largest absolute Gasteiger partial charge is 0.329 e. The summed E-state index contributed by atoms with van der Waals surface area (Å²) in [6, 6.07) is 22.6. The van der Waals surface area contributed by atoms with Gasteiger partial charge in [-0.05, 0) is 48.7 Å². The van der Waals surface area contributed by atoms with E-state index < -0.39 is 17.8 Å². The van der Waals surface area contributed by atoms with Gasteiger partial charge < -0.3 is 10.6 Å². The molecule has 0 spiro atoms. The SMILES string of the molecule is Cc1ccc(NC(=O)CN2C(=O)N/C(=C\c3ccc(-c4ccc(C)cc4)cc3)C2=O)cc1. The minimum absolute atomic E-state index is 0.140. The van der Waals surface area contributed by atoms with Crippen molar-refractivity contribution >= 4 is 29.6 Å². The Morgan fingerprint density at radius 3 is 1.97 bits per heavy atom. The monoisotopic (exact) mass is 425 g/mol. The first kappa shape index (κ1) is 21.1. The number of imide groups is 1. The van der Waals surface area contributed by atoms with Crippen LogP contribution in [0.2, 0.25) is 0 Å². The van der Waals surface area contributed by atoms with Gasteiger partial charge in [0.2, 0.25) is 5.91 Å². The molecule has 1 aliphatic rings. The van der Waals surface area contributed by atoms with Crippen LogP contribution in [0.4, 0.5) is 10.5 Å². The van der Waals surface area contributed by atoms with E-state index in [1.165, 1.54) is 5.56 Å². The van der Waals surface area contributed by atoms with Crippen LogP contribution in [0.3, 0.4) is 0 Å². The Balaban J connectivity index is 1.43. The predicted molar refractivity (Wildman–Crippen MR) is 125 cm³/mol. The molecule has 3 aromatic carbocycles. The topological polar surface area (TPSA) is 78.5 Å². The maximum Gasteiger partial charge on any atom is 0.329 e. The molecule has 1 fully saturated rings. The molecule has 3 aromatic rings. The molecule has 0 atom stereocenters. The number of carbonyl (C=O) groups is 3. The third kappa shape index (κ3) is 4.75. The van der Waals surface area contributed by atoms with Gasteiger partial charge in [0, 0.05) is 5.69 Å². The van der Waals surface area contributed by atoms with Crippen LogP contribution in [0.15, 0.2) is 78.5 Å². The van der Waals surface area contributed by atoms with Crippen molar-refractivity contribution < 1.29 is 14.4 Å². The lowest BCUT2D eigenvalue weighted by atomic mass is 10.0. The van der Waals surface area contributed by atoms with Crippen LogP contribution in [0.5, 0.6) is 0 Å². The van der Waals surface area contributed by atoms with E-state index in [1.807, 2.05) is 50.2 Å². The molecule has 0 aromatic heterocycles. The van der Waals surface area contributed by atoms with Gasteiger partial charge in [-0.2, -0.15) is 0 Å². The van der Waals surface area contributed by atoms with Crippen LogP contribution >= 0.6 is 0 Å². The zero-order valence-electron chi connectivity index (χ0n) is 17.9. The second-order valence-electron chi connectivity index (χ2n) is 7.78. The number of nitrogens with one attached hydrogen (secondary N) is 2. The predicted octanol–water partition coefficient (Wildman–Crippen LogP) is 4.50. The van der Waals surface area contributed by atoms with Gasteiger partial charge in [0.15, 0.2) is 0 Å². The zero-order valence-corrected chi connectivity index (χ0v) is 17.9. The number of urea groups is 1. The van der Waals surface area contributed by atoms with Crippen molar-refractivity contribution in [3.8, 4) is 11.1 Å². The fraction of sp³-hybridized carbons (Fsp3) is 0.115. The highest BCUT2D eigenvalue weighted by atomic mass is 16.2.